The number of aryl methyl sites for hydroxylation is 2. The molecule has 0 N–H and O–H groups in total. The van der Waals surface area contributed by atoms with Gasteiger partial charge < -0.3 is 18.4 Å². The average Bonchev–Trinajstić information content (AvgIpc) is 3.41. The summed E-state index contributed by atoms with van der Waals surface area (Å²) in [7, 11) is 0. The van der Waals surface area contributed by atoms with Crippen LogP contribution in [-0.4, -0.2) is 16.1 Å². The molecule has 0 atom stereocenters. The maximum Gasteiger partial charge on any atom is 0.343 e. The van der Waals surface area contributed by atoms with Gasteiger partial charge in [-0.25, -0.2) is 9.78 Å². The fraction of sp³-hybridized carbons (Fsp3) is 0.115. The van der Waals surface area contributed by atoms with Crippen LogP contribution in [0.2, 0.25) is 0 Å². The minimum absolute atomic E-state index is 0.340. The van der Waals surface area contributed by atoms with Gasteiger partial charge in [-0.2, -0.15) is 0 Å². The third kappa shape index (κ3) is 4.34. The number of esters is 1. The number of fused-ring (bicyclic) bond motifs is 1. The molecule has 0 saturated heterocycles. The highest BCUT2D eigenvalue weighted by Crippen LogP contribution is 2.27. The number of hydrogen-bond donors (Lipinski definition) is 0. The first-order valence-electron chi connectivity index (χ1n) is 10.4. The van der Waals surface area contributed by atoms with Gasteiger partial charge in [0.2, 0.25) is 5.89 Å². The summed E-state index contributed by atoms with van der Waals surface area (Å²) in [5, 5.41) is 3.91. The summed E-state index contributed by atoms with van der Waals surface area (Å²) < 4.78 is 22.3. The van der Waals surface area contributed by atoms with Gasteiger partial charge in [0.1, 0.15) is 29.4 Å². The average molecular weight is 440 g/mol. The molecule has 7 heteroatoms. The van der Waals surface area contributed by atoms with Crippen molar-refractivity contribution in [3.8, 4) is 23.0 Å². The number of carbonyl (C=O) groups is 1. The number of carbonyl (C=O) groups excluding carboxylic acids is 1. The monoisotopic (exact) mass is 440 g/mol. The minimum atomic E-state index is -0.477. The van der Waals surface area contributed by atoms with Gasteiger partial charge in [0, 0.05) is 11.6 Å². The molecular formula is C26H20N2O5. The van der Waals surface area contributed by atoms with Gasteiger partial charge in [-0.05, 0) is 62.4 Å². The quantitative estimate of drug-likeness (QED) is 0.240. The summed E-state index contributed by atoms with van der Waals surface area (Å²) in [6, 6.07) is 21.5. The zero-order chi connectivity index (χ0) is 22.8. The van der Waals surface area contributed by atoms with Crippen molar-refractivity contribution in [1.82, 2.24) is 10.1 Å². The van der Waals surface area contributed by atoms with Gasteiger partial charge in [0.25, 0.3) is 0 Å². The van der Waals surface area contributed by atoms with E-state index in [4.69, 9.17) is 18.4 Å². The second-order valence-corrected chi connectivity index (χ2v) is 7.52. The van der Waals surface area contributed by atoms with E-state index >= 15 is 0 Å². The molecular weight excluding hydrogens is 420 g/mol. The second kappa shape index (κ2) is 8.63. The molecule has 5 rings (SSSR count). The van der Waals surface area contributed by atoms with E-state index in [0.29, 0.717) is 40.7 Å². The standard InChI is InChI=1S/C26H20N2O5/c1-16-22(17(2)33-28-16)15-30-20-10-8-19(9-11-20)26(29)31-21-12-13-23-24(14-21)32-25(27-23)18-6-4-3-5-7-18/h3-14H,15H2,1-2H3. The lowest BCUT2D eigenvalue weighted by molar-refractivity contribution is 0.0735. The van der Waals surface area contributed by atoms with Crippen LogP contribution in [0, 0.1) is 13.8 Å². The molecule has 0 amide bonds. The van der Waals surface area contributed by atoms with Crippen molar-refractivity contribution < 1.29 is 23.2 Å². The number of ether oxygens (including phenoxy) is 2. The lowest BCUT2D eigenvalue weighted by Gasteiger charge is -2.07. The first-order valence-corrected chi connectivity index (χ1v) is 10.4. The summed E-state index contributed by atoms with van der Waals surface area (Å²) in [6.45, 7) is 4.05. The lowest BCUT2D eigenvalue weighted by Crippen LogP contribution is -2.08. The zero-order valence-electron chi connectivity index (χ0n) is 18.1. The van der Waals surface area contributed by atoms with Crippen molar-refractivity contribution >= 4 is 17.1 Å². The number of rotatable bonds is 6. The van der Waals surface area contributed by atoms with Crippen molar-refractivity contribution in [1.29, 1.82) is 0 Å². The Kier molecular flexibility index (Phi) is 5.36. The van der Waals surface area contributed by atoms with Crippen molar-refractivity contribution in [3.05, 3.63) is 95.4 Å². The van der Waals surface area contributed by atoms with E-state index in [0.717, 1.165) is 22.6 Å². The fourth-order valence-electron chi connectivity index (χ4n) is 3.39. The van der Waals surface area contributed by atoms with E-state index in [1.54, 1.807) is 42.5 Å². The van der Waals surface area contributed by atoms with Crippen LogP contribution < -0.4 is 9.47 Å². The van der Waals surface area contributed by atoms with E-state index in [1.807, 2.05) is 44.2 Å². The molecule has 0 saturated carbocycles. The maximum absolute atomic E-state index is 12.6. The Balaban J connectivity index is 1.26. The molecule has 0 aliphatic heterocycles. The van der Waals surface area contributed by atoms with Crippen LogP contribution in [-0.2, 0) is 6.61 Å². The molecule has 0 fully saturated rings. The Labute approximate surface area is 189 Å². The summed E-state index contributed by atoms with van der Waals surface area (Å²) >= 11 is 0. The maximum atomic E-state index is 12.6. The van der Waals surface area contributed by atoms with Gasteiger partial charge in [0.15, 0.2) is 5.58 Å². The lowest BCUT2D eigenvalue weighted by atomic mass is 10.2. The first kappa shape index (κ1) is 20.5. The van der Waals surface area contributed by atoms with E-state index < -0.39 is 5.97 Å². The van der Waals surface area contributed by atoms with Crippen LogP contribution in [0.25, 0.3) is 22.6 Å². The highest BCUT2D eigenvalue weighted by atomic mass is 16.5. The van der Waals surface area contributed by atoms with Crippen LogP contribution in [0.5, 0.6) is 11.5 Å². The third-order valence-electron chi connectivity index (χ3n) is 5.25. The number of nitrogens with zero attached hydrogens (tertiary/aromatic N) is 2. The molecule has 0 radical (unpaired) electrons. The van der Waals surface area contributed by atoms with Gasteiger partial charge in [-0.1, -0.05) is 23.4 Å². The summed E-state index contributed by atoms with van der Waals surface area (Å²) in [6.07, 6.45) is 0. The molecule has 0 aliphatic rings. The zero-order valence-corrected chi connectivity index (χ0v) is 18.1. The smallest absolute Gasteiger partial charge is 0.343 e. The molecule has 7 nitrogen and oxygen atoms in total. The van der Waals surface area contributed by atoms with E-state index in [2.05, 4.69) is 10.1 Å². The second-order valence-electron chi connectivity index (χ2n) is 7.52. The summed E-state index contributed by atoms with van der Waals surface area (Å²) in [5.74, 6) is 1.77. The number of hydrogen-bond acceptors (Lipinski definition) is 7. The molecule has 3 aromatic carbocycles. The van der Waals surface area contributed by atoms with E-state index in [-0.39, 0.29) is 0 Å². The van der Waals surface area contributed by atoms with Gasteiger partial charge >= 0.3 is 5.97 Å². The van der Waals surface area contributed by atoms with E-state index in [9.17, 15) is 4.79 Å². The topological polar surface area (TPSA) is 87.6 Å². The van der Waals surface area contributed by atoms with Crippen LogP contribution in [0.3, 0.4) is 0 Å². The Morgan fingerprint density at radius 3 is 2.42 bits per heavy atom. The molecule has 5 aromatic rings. The largest absolute Gasteiger partial charge is 0.489 e. The Morgan fingerprint density at radius 1 is 0.939 bits per heavy atom. The van der Waals surface area contributed by atoms with Crippen molar-refractivity contribution in [2.24, 2.45) is 0 Å². The fourth-order valence-corrected chi connectivity index (χ4v) is 3.39. The van der Waals surface area contributed by atoms with Crippen LogP contribution >= 0.6 is 0 Å². The minimum Gasteiger partial charge on any atom is -0.489 e. The van der Waals surface area contributed by atoms with Crippen LogP contribution in [0.15, 0.2) is 81.7 Å². The molecule has 33 heavy (non-hydrogen) atoms. The molecule has 0 spiro atoms. The summed E-state index contributed by atoms with van der Waals surface area (Å²) in [4.78, 5) is 17.1. The molecule has 0 aliphatic carbocycles. The summed E-state index contributed by atoms with van der Waals surface area (Å²) in [5.41, 5.74) is 4.23. The predicted octanol–water partition coefficient (Wildman–Crippen LogP) is 5.90. The van der Waals surface area contributed by atoms with Crippen molar-refractivity contribution in [3.63, 3.8) is 0 Å². The third-order valence-corrected chi connectivity index (χ3v) is 5.25. The Bertz CT molecular complexity index is 1400. The molecule has 0 bridgehead atoms. The van der Waals surface area contributed by atoms with Gasteiger partial charge in [0.05, 0.1) is 16.8 Å². The first-order chi connectivity index (χ1) is 16.1. The van der Waals surface area contributed by atoms with Gasteiger partial charge in [-0.15, -0.1) is 0 Å². The molecule has 2 aromatic heterocycles. The predicted molar refractivity (Wildman–Crippen MR) is 121 cm³/mol. The van der Waals surface area contributed by atoms with Crippen molar-refractivity contribution in [2.45, 2.75) is 20.5 Å². The van der Waals surface area contributed by atoms with Crippen LogP contribution in [0.1, 0.15) is 27.4 Å². The van der Waals surface area contributed by atoms with Gasteiger partial charge in [-0.3, -0.25) is 0 Å². The Hall–Kier alpha value is -4.39. The normalized spacial score (nSPS) is 11.0. The number of benzene rings is 3. The highest BCUT2D eigenvalue weighted by Gasteiger charge is 2.13. The van der Waals surface area contributed by atoms with E-state index in [1.165, 1.54) is 0 Å². The number of oxazole rings is 1. The highest BCUT2D eigenvalue weighted by molar-refractivity contribution is 5.91. The molecule has 0 unspecified atom stereocenters. The molecule has 2 heterocycles. The Morgan fingerprint density at radius 2 is 1.70 bits per heavy atom. The molecule has 164 valence electrons. The van der Waals surface area contributed by atoms with Crippen LogP contribution in [0.4, 0.5) is 0 Å². The number of aromatic nitrogens is 2. The van der Waals surface area contributed by atoms with Crippen molar-refractivity contribution in [2.75, 3.05) is 0 Å². The SMILES string of the molecule is Cc1noc(C)c1COc1ccc(C(=O)Oc2ccc3nc(-c4ccccc4)oc3c2)cc1.